The Morgan fingerprint density at radius 3 is 2.33 bits per heavy atom. The summed E-state index contributed by atoms with van der Waals surface area (Å²) in [6.07, 6.45) is -5.41. The fourth-order valence-electron chi connectivity index (χ4n) is 1.06. The molecule has 1 unspecified atom stereocenters. The highest BCUT2D eigenvalue weighted by atomic mass is 19.4. The standard InChI is InChI=1S/C8H15F3N2O2/c1-3-13(5-8(9,10)11)7(14)6(4-12)15-2/h6H,3-5,12H2,1-2H3. The lowest BCUT2D eigenvalue weighted by molar-refractivity contribution is -0.166. The third-order valence-electron chi connectivity index (χ3n) is 1.84. The zero-order valence-corrected chi connectivity index (χ0v) is 8.67. The molecule has 0 rings (SSSR count). The number of halogens is 3. The molecular weight excluding hydrogens is 213 g/mol. The molecule has 7 heteroatoms. The van der Waals surface area contributed by atoms with E-state index in [1.807, 2.05) is 0 Å². The first-order valence-corrected chi connectivity index (χ1v) is 4.44. The van der Waals surface area contributed by atoms with Crippen LogP contribution in [0.25, 0.3) is 0 Å². The van der Waals surface area contributed by atoms with Crippen molar-refractivity contribution in [1.29, 1.82) is 0 Å². The SMILES string of the molecule is CCN(CC(F)(F)F)C(=O)C(CN)OC. The normalized spacial score (nSPS) is 13.7. The van der Waals surface area contributed by atoms with Crippen LogP contribution >= 0.6 is 0 Å². The number of methoxy groups -OCH3 is 1. The molecule has 0 saturated carbocycles. The predicted molar refractivity (Wildman–Crippen MR) is 48.2 cm³/mol. The highest BCUT2D eigenvalue weighted by molar-refractivity contribution is 5.81. The van der Waals surface area contributed by atoms with Gasteiger partial charge in [-0.2, -0.15) is 13.2 Å². The lowest BCUT2D eigenvalue weighted by Gasteiger charge is -2.25. The fourth-order valence-corrected chi connectivity index (χ4v) is 1.06. The van der Waals surface area contributed by atoms with Crippen LogP contribution in [0.1, 0.15) is 6.92 Å². The number of hydrogen-bond donors (Lipinski definition) is 1. The van der Waals surface area contributed by atoms with Crippen LogP contribution < -0.4 is 5.73 Å². The number of likely N-dealkylation sites (N-methyl/N-ethyl adjacent to an activating group) is 1. The minimum atomic E-state index is -4.40. The molecule has 0 bridgehead atoms. The van der Waals surface area contributed by atoms with Crippen molar-refractivity contribution >= 4 is 5.91 Å². The number of rotatable bonds is 5. The molecule has 0 heterocycles. The Morgan fingerprint density at radius 1 is 1.53 bits per heavy atom. The van der Waals surface area contributed by atoms with Gasteiger partial charge in [-0.1, -0.05) is 0 Å². The number of hydrogen-bond acceptors (Lipinski definition) is 3. The molecule has 0 aliphatic heterocycles. The number of amides is 1. The topological polar surface area (TPSA) is 55.6 Å². The molecule has 15 heavy (non-hydrogen) atoms. The van der Waals surface area contributed by atoms with Gasteiger partial charge in [0.05, 0.1) is 0 Å². The predicted octanol–water partition coefficient (Wildman–Crippen LogP) is 0.371. The van der Waals surface area contributed by atoms with Crippen LogP contribution in [0.15, 0.2) is 0 Å². The highest BCUT2D eigenvalue weighted by Crippen LogP contribution is 2.17. The number of carbonyl (C=O) groups excluding carboxylic acids is 1. The molecule has 0 aliphatic rings. The largest absolute Gasteiger partial charge is 0.406 e. The number of nitrogens with zero attached hydrogens (tertiary/aromatic N) is 1. The molecule has 0 aromatic rings. The summed E-state index contributed by atoms with van der Waals surface area (Å²) in [5.41, 5.74) is 5.19. The monoisotopic (exact) mass is 228 g/mol. The number of carbonyl (C=O) groups is 1. The van der Waals surface area contributed by atoms with Gasteiger partial charge in [0.25, 0.3) is 5.91 Å². The van der Waals surface area contributed by atoms with Crippen LogP contribution in [0, 0.1) is 0 Å². The number of alkyl halides is 3. The molecular formula is C8H15F3N2O2. The summed E-state index contributed by atoms with van der Waals surface area (Å²) in [4.78, 5) is 12.1. The second-order valence-electron chi connectivity index (χ2n) is 2.93. The van der Waals surface area contributed by atoms with Gasteiger partial charge in [0.15, 0.2) is 0 Å². The van der Waals surface area contributed by atoms with Gasteiger partial charge in [-0.05, 0) is 6.92 Å². The molecule has 0 aromatic heterocycles. The summed E-state index contributed by atoms with van der Waals surface area (Å²) in [5.74, 6) is -0.736. The van der Waals surface area contributed by atoms with E-state index in [9.17, 15) is 18.0 Å². The van der Waals surface area contributed by atoms with Crippen molar-refractivity contribution in [2.45, 2.75) is 19.2 Å². The first-order chi connectivity index (χ1) is 6.85. The van der Waals surface area contributed by atoms with E-state index >= 15 is 0 Å². The Hall–Kier alpha value is -0.820. The van der Waals surface area contributed by atoms with Crippen LogP contribution in [0.4, 0.5) is 13.2 Å². The van der Waals surface area contributed by atoms with E-state index in [2.05, 4.69) is 4.74 Å². The molecule has 0 fully saturated rings. The van der Waals surface area contributed by atoms with Crippen molar-refractivity contribution in [2.24, 2.45) is 5.73 Å². The van der Waals surface area contributed by atoms with Gasteiger partial charge >= 0.3 is 6.18 Å². The van der Waals surface area contributed by atoms with E-state index < -0.39 is 24.7 Å². The summed E-state index contributed by atoms with van der Waals surface area (Å²) < 4.78 is 40.9. The molecule has 4 nitrogen and oxygen atoms in total. The smallest absolute Gasteiger partial charge is 0.370 e. The molecule has 0 aromatic carbocycles. The Balaban J connectivity index is 4.46. The van der Waals surface area contributed by atoms with Crippen molar-refractivity contribution < 1.29 is 22.7 Å². The van der Waals surface area contributed by atoms with E-state index in [-0.39, 0.29) is 13.1 Å². The second-order valence-corrected chi connectivity index (χ2v) is 2.93. The average Bonchev–Trinajstić information content (AvgIpc) is 2.14. The Morgan fingerprint density at radius 2 is 2.07 bits per heavy atom. The maximum absolute atomic E-state index is 12.1. The highest BCUT2D eigenvalue weighted by Gasteiger charge is 2.34. The summed E-state index contributed by atoms with van der Waals surface area (Å²) in [5, 5.41) is 0. The van der Waals surface area contributed by atoms with Crippen molar-refractivity contribution in [3.63, 3.8) is 0 Å². The Labute approximate surface area is 86.2 Å². The Kier molecular flexibility index (Phi) is 5.59. The molecule has 90 valence electrons. The molecule has 0 aliphatic carbocycles. The van der Waals surface area contributed by atoms with Gasteiger partial charge < -0.3 is 15.4 Å². The second kappa shape index (κ2) is 5.92. The number of nitrogens with two attached hydrogens (primary N) is 1. The fraction of sp³-hybridized carbons (Fsp3) is 0.875. The summed E-state index contributed by atoms with van der Waals surface area (Å²) in [6.45, 7) is 0.0248. The lowest BCUT2D eigenvalue weighted by atomic mass is 10.3. The van der Waals surface area contributed by atoms with Gasteiger partial charge in [-0.25, -0.2) is 0 Å². The van der Waals surface area contributed by atoms with Crippen molar-refractivity contribution in [3.05, 3.63) is 0 Å². The van der Waals surface area contributed by atoms with Crippen molar-refractivity contribution in [2.75, 3.05) is 26.7 Å². The molecule has 0 saturated heterocycles. The average molecular weight is 228 g/mol. The van der Waals surface area contributed by atoms with E-state index in [0.717, 1.165) is 0 Å². The van der Waals surface area contributed by atoms with E-state index in [1.54, 1.807) is 0 Å². The maximum Gasteiger partial charge on any atom is 0.406 e. The zero-order chi connectivity index (χ0) is 12.1. The molecule has 1 atom stereocenters. The first-order valence-electron chi connectivity index (χ1n) is 4.44. The maximum atomic E-state index is 12.1. The Bertz CT molecular complexity index is 205. The minimum Gasteiger partial charge on any atom is -0.370 e. The van der Waals surface area contributed by atoms with E-state index in [1.165, 1.54) is 14.0 Å². The third-order valence-corrected chi connectivity index (χ3v) is 1.84. The van der Waals surface area contributed by atoms with Crippen molar-refractivity contribution in [1.82, 2.24) is 4.90 Å². The van der Waals surface area contributed by atoms with Gasteiger partial charge in [0, 0.05) is 20.2 Å². The molecule has 0 spiro atoms. The van der Waals surface area contributed by atoms with Crippen molar-refractivity contribution in [3.8, 4) is 0 Å². The van der Waals surface area contributed by atoms with Crippen LogP contribution in [0.2, 0.25) is 0 Å². The van der Waals surface area contributed by atoms with Gasteiger partial charge in [-0.3, -0.25) is 4.79 Å². The summed E-state index contributed by atoms with van der Waals surface area (Å²) >= 11 is 0. The van der Waals surface area contributed by atoms with Crippen LogP contribution in [-0.4, -0.2) is 49.8 Å². The third kappa shape index (κ3) is 4.98. The minimum absolute atomic E-state index is 0.0296. The quantitative estimate of drug-likeness (QED) is 0.739. The lowest BCUT2D eigenvalue weighted by Crippen LogP contribution is -2.47. The van der Waals surface area contributed by atoms with Crippen LogP contribution in [0.3, 0.4) is 0 Å². The van der Waals surface area contributed by atoms with Gasteiger partial charge in [0.1, 0.15) is 12.6 Å². The van der Waals surface area contributed by atoms with E-state index in [0.29, 0.717) is 4.90 Å². The number of ether oxygens (including phenoxy) is 1. The van der Waals surface area contributed by atoms with Gasteiger partial charge in [0.2, 0.25) is 0 Å². The first kappa shape index (κ1) is 14.2. The molecule has 1 amide bonds. The summed E-state index contributed by atoms with van der Waals surface area (Å²) in [7, 11) is 1.23. The molecule has 2 N–H and O–H groups in total. The van der Waals surface area contributed by atoms with Crippen LogP contribution in [-0.2, 0) is 9.53 Å². The molecule has 0 radical (unpaired) electrons. The van der Waals surface area contributed by atoms with E-state index in [4.69, 9.17) is 5.73 Å². The van der Waals surface area contributed by atoms with Gasteiger partial charge in [-0.15, -0.1) is 0 Å². The van der Waals surface area contributed by atoms with Crippen LogP contribution in [0.5, 0.6) is 0 Å². The summed E-state index contributed by atoms with van der Waals surface area (Å²) in [6, 6.07) is 0. The zero-order valence-electron chi connectivity index (χ0n) is 8.67.